The summed E-state index contributed by atoms with van der Waals surface area (Å²) >= 11 is 1.89. The molecule has 2 aliphatic heterocycles. The number of rotatable bonds is 4. The van der Waals surface area contributed by atoms with Crippen molar-refractivity contribution in [3.05, 3.63) is 151 Å². The summed E-state index contributed by atoms with van der Waals surface area (Å²) in [7, 11) is -4.48. The first-order chi connectivity index (χ1) is 25.0. The predicted octanol–water partition coefficient (Wildman–Crippen LogP) is 6.12. The molecule has 0 saturated carbocycles. The van der Waals surface area contributed by atoms with Gasteiger partial charge in [-0.1, -0.05) is 173 Å². The quantitative estimate of drug-likeness (QED) is 0.158. The van der Waals surface area contributed by atoms with Crippen LogP contribution in [0.5, 0.6) is 0 Å². The summed E-state index contributed by atoms with van der Waals surface area (Å²) < 4.78 is 2.73. The van der Waals surface area contributed by atoms with Crippen molar-refractivity contribution >= 4 is 87.8 Å². The molecule has 3 heterocycles. The Kier molecular flexibility index (Phi) is 7.32. The summed E-state index contributed by atoms with van der Waals surface area (Å²) in [6.07, 6.45) is 6.19. The Bertz CT molecular complexity index is 2490. The Balaban J connectivity index is 1.30. The molecule has 3 aliphatic rings. The molecule has 10 rings (SSSR count). The normalized spacial score (nSPS) is 18.4. The maximum atomic E-state index is 2.73. The highest BCUT2D eigenvalue weighted by atomic mass is 32.2. The fraction of sp³-hybridized carbons (Fsp3) is 0.174. The number of para-hydroxylation sites is 1. The number of aromatic nitrogens is 1. The molecule has 1 aromatic heterocycles. The van der Waals surface area contributed by atoms with Crippen LogP contribution in [0.2, 0.25) is 19.6 Å². The fourth-order valence-electron chi connectivity index (χ4n) is 10.1. The third kappa shape index (κ3) is 4.60. The third-order valence-corrected chi connectivity index (χ3v) is 21.6. The monoisotopic (exact) mass is 707 g/mol. The minimum Gasteiger partial charge on any atom is -0.314 e. The Hall–Kier alpha value is -4.29. The molecule has 0 fully saturated rings. The zero-order valence-corrected chi connectivity index (χ0v) is 32.6. The standard InChI is InChI=1S/C46H42BNSSi2/c1-50(2)41-26-15-25-40(48-38-23-12-6-11-21-35(38)36-22-13-14-24-39(36)48)45(41)47-37-30-29-33(49-32-17-7-4-8-18-32)31-44(37)51(3,34-19-9-5-10-20-34)43-28-16-27-42(50)46(43)47/h4-5,7-10,13-20,22,24-31H,6,11-12,21,23H2,1-3H3. The highest BCUT2D eigenvalue weighted by molar-refractivity contribution is 7.99. The molecule has 7 aromatic rings. The van der Waals surface area contributed by atoms with E-state index in [0.717, 1.165) is 6.42 Å². The van der Waals surface area contributed by atoms with E-state index < -0.39 is 16.1 Å². The summed E-state index contributed by atoms with van der Waals surface area (Å²) in [4.78, 5) is 2.62. The van der Waals surface area contributed by atoms with Crippen LogP contribution in [0.4, 0.5) is 0 Å². The Labute approximate surface area is 308 Å². The molecular weight excluding hydrogens is 666 g/mol. The van der Waals surface area contributed by atoms with E-state index in [-0.39, 0.29) is 6.71 Å². The molecule has 5 heteroatoms. The van der Waals surface area contributed by atoms with Gasteiger partial charge >= 0.3 is 0 Å². The van der Waals surface area contributed by atoms with E-state index in [0.29, 0.717) is 0 Å². The largest absolute Gasteiger partial charge is 0.314 e. The number of hydrogen-bond acceptors (Lipinski definition) is 1. The first-order valence-electron chi connectivity index (χ1n) is 18.8. The number of nitrogens with zero attached hydrogens (tertiary/aromatic N) is 1. The van der Waals surface area contributed by atoms with Crippen molar-refractivity contribution in [1.29, 1.82) is 0 Å². The second-order valence-corrected chi connectivity index (χ2v) is 24.9. The summed E-state index contributed by atoms with van der Waals surface area (Å²) in [6.45, 7) is 8.07. The van der Waals surface area contributed by atoms with Crippen molar-refractivity contribution in [2.75, 3.05) is 0 Å². The highest BCUT2D eigenvalue weighted by Gasteiger charge is 2.52. The molecule has 0 amide bonds. The van der Waals surface area contributed by atoms with Gasteiger partial charge in [-0.3, -0.25) is 0 Å². The molecule has 0 radical (unpaired) electrons. The van der Waals surface area contributed by atoms with Crippen molar-refractivity contribution in [2.24, 2.45) is 0 Å². The van der Waals surface area contributed by atoms with Gasteiger partial charge in [0, 0.05) is 26.6 Å². The van der Waals surface area contributed by atoms with Gasteiger partial charge in [-0.2, -0.15) is 0 Å². The maximum absolute atomic E-state index is 2.73. The smallest absolute Gasteiger partial charge is 0.243 e. The van der Waals surface area contributed by atoms with E-state index in [2.05, 4.69) is 164 Å². The van der Waals surface area contributed by atoms with E-state index in [1.165, 1.54) is 62.7 Å². The lowest BCUT2D eigenvalue weighted by Gasteiger charge is -2.47. The van der Waals surface area contributed by atoms with Crippen LogP contribution >= 0.6 is 11.8 Å². The SMILES string of the molecule is C[Si]1(C)c2cccc(-n3c4c(c5ccccc53)CCCCC4)c2B2c3ccc(Sc4ccccc4)cc3[Si](C)(c3ccccc3)c3cccc1c32. The van der Waals surface area contributed by atoms with Gasteiger partial charge in [0.2, 0.25) is 6.71 Å². The minimum atomic E-state index is -2.40. The Morgan fingerprint density at radius 1 is 0.569 bits per heavy atom. The van der Waals surface area contributed by atoms with Gasteiger partial charge in [0.15, 0.2) is 0 Å². The van der Waals surface area contributed by atoms with Gasteiger partial charge in [0.1, 0.15) is 16.1 Å². The molecule has 1 atom stereocenters. The molecule has 0 N–H and O–H groups in total. The lowest BCUT2D eigenvalue weighted by molar-refractivity contribution is 0.704. The predicted molar refractivity (Wildman–Crippen MR) is 226 cm³/mol. The zero-order valence-electron chi connectivity index (χ0n) is 29.7. The molecule has 51 heavy (non-hydrogen) atoms. The second kappa shape index (κ2) is 11.9. The molecule has 0 saturated heterocycles. The van der Waals surface area contributed by atoms with Crippen LogP contribution in [0.25, 0.3) is 16.6 Å². The fourth-order valence-corrected chi connectivity index (χ4v) is 18.7. The third-order valence-electron chi connectivity index (χ3n) is 12.5. The molecule has 1 nitrogen and oxygen atoms in total. The van der Waals surface area contributed by atoms with Crippen LogP contribution < -0.4 is 42.3 Å². The summed E-state index contributed by atoms with van der Waals surface area (Å²) in [5, 5.41) is 9.38. The Morgan fingerprint density at radius 3 is 2.08 bits per heavy atom. The number of aryl methyl sites for hydroxylation is 1. The first-order valence-corrected chi connectivity index (χ1v) is 25.1. The number of fused-ring (bicyclic) bond motifs is 7. The van der Waals surface area contributed by atoms with Crippen LogP contribution in [0, 0.1) is 0 Å². The van der Waals surface area contributed by atoms with Gasteiger partial charge in [-0.25, -0.2) is 0 Å². The van der Waals surface area contributed by atoms with Gasteiger partial charge in [-0.05, 0) is 78.3 Å². The topological polar surface area (TPSA) is 4.93 Å². The summed E-state index contributed by atoms with van der Waals surface area (Å²) in [5.74, 6) is 0. The van der Waals surface area contributed by atoms with Crippen LogP contribution in [0.15, 0.2) is 149 Å². The highest BCUT2D eigenvalue weighted by Crippen LogP contribution is 2.34. The van der Waals surface area contributed by atoms with Crippen LogP contribution in [0.1, 0.15) is 30.5 Å². The van der Waals surface area contributed by atoms with E-state index in [1.54, 1.807) is 42.9 Å². The number of hydrogen-bond donors (Lipinski definition) is 0. The average molecular weight is 708 g/mol. The van der Waals surface area contributed by atoms with Crippen LogP contribution in [0.3, 0.4) is 0 Å². The van der Waals surface area contributed by atoms with E-state index in [9.17, 15) is 0 Å². The molecule has 6 aromatic carbocycles. The van der Waals surface area contributed by atoms with Gasteiger partial charge < -0.3 is 4.57 Å². The molecule has 0 spiro atoms. The van der Waals surface area contributed by atoms with Crippen LogP contribution in [-0.2, 0) is 12.8 Å². The van der Waals surface area contributed by atoms with Gasteiger partial charge in [0.25, 0.3) is 0 Å². The minimum absolute atomic E-state index is 0.195. The van der Waals surface area contributed by atoms with Crippen molar-refractivity contribution in [2.45, 2.75) is 61.5 Å². The van der Waals surface area contributed by atoms with E-state index in [4.69, 9.17) is 0 Å². The van der Waals surface area contributed by atoms with Crippen molar-refractivity contribution in [3.8, 4) is 5.69 Å². The lowest BCUT2D eigenvalue weighted by Crippen LogP contribution is -2.89. The van der Waals surface area contributed by atoms with E-state index in [1.807, 2.05) is 11.8 Å². The summed E-state index contributed by atoms with van der Waals surface area (Å²) in [5.41, 5.74) is 10.6. The Morgan fingerprint density at radius 2 is 1.25 bits per heavy atom. The second-order valence-electron chi connectivity index (χ2n) is 15.6. The van der Waals surface area contributed by atoms with Crippen molar-refractivity contribution < 1.29 is 0 Å². The average Bonchev–Trinajstić information content (AvgIpc) is 3.28. The van der Waals surface area contributed by atoms with E-state index >= 15 is 0 Å². The van der Waals surface area contributed by atoms with Gasteiger partial charge in [-0.15, -0.1) is 0 Å². The van der Waals surface area contributed by atoms with Gasteiger partial charge in [0.05, 0.1) is 5.52 Å². The molecule has 1 aliphatic carbocycles. The molecule has 1 unspecified atom stereocenters. The zero-order chi connectivity index (χ0) is 34.3. The maximum Gasteiger partial charge on any atom is 0.243 e. The molecular formula is C46H42BNSSi2. The molecule has 248 valence electrons. The first kappa shape index (κ1) is 31.4. The molecule has 0 bridgehead atoms. The van der Waals surface area contributed by atoms with Crippen molar-refractivity contribution in [1.82, 2.24) is 4.57 Å². The lowest BCUT2D eigenvalue weighted by atomic mass is 9.36. The van der Waals surface area contributed by atoms with Crippen molar-refractivity contribution in [3.63, 3.8) is 0 Å². The summed E-state index contributed by atoms with van der Waals surface area (Å²) in [6, 6.07) is 54.0. The van der Waals surface area contributed by atoms with Crippen LogP contribution in [-0.4, -0.2) is 27.4 Å². The number of benzene rings is 6.